The Morgan fingerprint density at radius 1 is 1.33 bits per heavy atom. The largest absolute Gasteiger partial charge is 0.369 e. The third-order valence-corrected chi connectivity index (χ3v) is 4.27. The Kier molecular flexibility index (Phi) is 4.10. The number of hydrogen-bond acceptors (Lipinski definition) is 4. The van der Waals surface area contributed by atoms with E-state index in [1.165, 1.54) is 6.42 Å². The summed E-state index contributed by atoms with van der Waals surface area (Å²) in [5, 5.41) is 0. The Morgan fingerprint density at radius 3 is 2.86 bits per heavy atom. The summed E-state index contributed by atoms with van der Waals surface area (Å²) in [6.45, 7) is 2.28. The van der Waals surface area contributed by atoms with Gasteiger partial charge in [-0.15, -0.1) is 0 Å². The van der Waals surface area contributed by atoms with Gasteiger partial charge in [-0.3, -0.25) is 9.36 Å². The average Bonchev–Trinajstić information content (AvgIpc) is 2.80. The molecule has 2 aromatic rings. The van der Waals surface area contributed by atoms with Crippen molar-refractivity contribution in [3.8, 4) is 0 Å². The number of aromatic nitrogens is 3. The van der Waals surface area contributed by atoms with Gasteiger partial charge in [0.1, 0.15) is 5.52 Å². The zero-order chi connectivity index (χ0) is 14.8. The van der Waals surface area contributed by atoms with Gasteiger partial charge >= 0.3 is 0 Å². The van der Waals surface area contributed by atoms with E-state index in [4.69, 9.17) is 5.73 Å². The molecule has 0 saturated carbocycles. The normalized spacial score (nSPS) is 15.6. The van der Waals surface area contributed by atoms with E-state index in [1.54, 1.807) is 6.20 Å². The third-order valence-electron chi connectivity index (χ3n) is 3.84. The van der Waals surface area contributed by atoms with Crippen LogP contribution in [-0.4, -0.2) is 38.4 Å². The molecule has 0 atom stereocenters. The van der Waals surface area contributed by atoms with Crippen molar-refractivity contribution in [3.63, 3.8) is 0 Å². The maximum atomic E-state index is 12.2. The van der Waals surface area contributed by atoms with Crippen molar-refractivity contribution in [2.24, 2.45) is 0 Å². The number of fused-ring (bicyclic) bond motifs is 1. The Morgan fingerprint density at radius 2 is 2.10 bits per heavy atom. The lowest BCUT2D eigenvalue weighted by Gasteiger charge is -2.26. The van der Waals surface area contributed by atoms with Crippen molar-refractivity contribution < 1.29 is 4.79 Å². The van der Waals surface area contributed by atoms with Crippen molar-refractivity contribution >= 4 is 38.9 Å². The molecule has 2 aromatic heterocycles. The highest BCUT2D eigenvalue weighted by molar-refractivity contribution is 9.10. The number of nitrogens with two attached hydrogens (primary N) is 1. The fourth-order valence-corrected chi connectivity index (χ4v) is 3.05. The van der Waals surface area contributed by atoms with Crippen molar-refractivity contribution in [2.45, 2.75) is 32.2 Å². The van der Waals surface area contributed by atoms with E-state index in [0.29, 0.717) is 18.9 Å². The van der Waals surface area contributed by atoms with Crippen molar-refractivity contribution in [1.29, 1.82) is 0 Å². The highest BCUT2D eigenvalue weighted by Gasteiger charge is 2.17. The number of imidazole rings is 1. The standard InChI is InChI=1S/C14H18BrN5O/c15-10-8-11-13(17-9-10)20(14(16)18-11)7-4-12(21)19-5-2-1-3-6-19/h8-9H,1-7H2,(H2,16,18). The molecule has 2 N–H and O–H groups in total. The molecule has 1 saturated heterocycles. The van der Waals surface area contributed by atoms with Gasteiger partial charge in [0, 0.05) is 36.7 Å². The van der Waals surface area contributed by atoms with Crippen LogP contribution >= 0.6 is 15.9 Å². The van der Waals surface area contributed by atoms with E-state index in [2.05, 4.69) is 25.9 Å². The molecule has 6 nitrogen and oxygen atoms in total. The number of nitrogens with zero attached hydrogens (tertiary/aromatic N) is 4. The highest BCUT2D eigenvalue weighted by Crippen LogP contribution is 2.20. The number of piperidine rings is 1. The van der Waals surface area contributed by atoms with Gasteiger partial charge in [0.2, 0.25) is 11.9 Å². The SMILES string of the molecule is Nc1nc2cc(Br)cnc2n1CCC(=O)N1CCCCC1. The van der Waals surface area contributed by atoms with Gasteiger partial charge in [0.05, 0.1) is 0 Å². The second-order valence-corrected chi connectivity index (χ2v) is 6.23. The zero-order valence-electron chi connectivity index (χ0n) is 11.8. The molecule has 0 aliphatic carbocycles. The lowest BCUT2D eigenvalue weighted by atomic mass is 10.1. The minimum atomic E-state index is 0.188. The molecular weight excluding hydrogens is 334 g/mol. The van der Waals surface area contributed by atoms with Crippen LogP contribution in [0.25, 0.3) is 11.2 Å². The number of rotatable bonds is 3. The predicted octanol–water partition coefficient (Wildman–Crippen LogP) is 2.18. The zero-order valence-corrected chi connectivity index (χ0v) is 13.3. The van der Waals surface area contributed by atoms with Crippen LogP contribution in [0.2, 0.25) is 0 Å². The van der Waals surface area contributed by atoms with E-state index >= 15 is 0 Å². The second kappa shape index (κ2) is 6.01. The van der Waals surface area contributed by atoms with Gasteiger partial charge in [-0.25, -0.2) is 9.97 Å². The van der Waals surface area contributed by atoms with Gasteiger partial charge in [-0.2, -0.15) is 0 Å². The number of likely N-dealkylation sites (tertiary alicyclic amines) is 1. The van der Waals surface area contributed by atoms with Crippen molar-refractivity contribution in [1.82, 2.24) is 19.4 Å². The van der Waals surface area contributed by atoms with Gasteiger partial charge in [-0.05, 0) is 41.3 Å². The summed E-state index contributed by atoms with van der Waals surface area (Å²) < 4.78 is 2.67. The molecule has 0 unspecified atom stereocenters. The summed E-state index contributed by atoms with van der Waals surface area (Å²) in [5.41, 5.74) is 7.41. The summed E-state index contributed by atoms with van der Waals surface area (Å²) in [6.07, 6.45) is 5.59. The smallest absolute Gasteiger partial charge is 0.224 e. The second-order valence-electron chi connectivity index (χ2n) is 5.31. The molecule has 3 heterocycles. The molecule has 1 fully saturated rings. The molecule has 0 radical (unpaired) electrons. The van der Waals surface area contributed by atoms with Gasteiger partial charge in [0.25, 0.3) is 0 Å². The van der Waals surface area contributed by atoms with Crippen LogP contribution in [0.1, 0.15) is 25.7 Å². The van der Waals surface area contributed by atoms with Crippen LogP contribution in [0.15, 0.2) is 16.7 Å². The molecule has 21 heavy (non-hydrogen) atoms. The van der Waals surface area contributed by atoms with Gasteiger partial charge in [0.15, 0.2) is 5.65 Å². The Hall–Kier alpha value is -1.63. The van der Waals surface area contributed by atoms with E-state index in [1.807, 2.05) is 15.5 Å². The summed E-state index contributed by atoms with van der Waals surface area (Å²) in [4.78, 5) is 22.8. The highest BCUT2D eigenvalue weighted by atomic mass is 79.9. The molecule has 1 amide bonds. The number of halogens is 1. The lowest BCUT2D eigenvalue weighted by molar-refractivity contribution is -0.132. The van der Waals surface area contributed by atoms with Crippen LogP contribution in [0.4, 0.5) is 5.95 Å². The summed E-state index contributed by atoms with van der Waals surface area (Å²) in [7, 11) is 0. The minimum Gasteiger partial charge on any atom is -0.369 e. The van der Waals surface area contributed by atoms with Crippen molar-refractivity contribution in [2.75, 3.05) is 18.8 Å². The number of carbonyl (C=O) groups excluding carboxylic acids is 1. The molecule has 7 heteroatoms. The number of pyridine rings is 1. The van der Waals surface area contributed by atoms with E-state index in [9.17, 15) is 4.79 Å². The Balaban J connectivity index is 1.72. The molecule has 0 aromatic carbocycles. The molecule has 1 aliphatic rings. The minimum absolute atomic E-state index is 0.188. The van der Waals surface area contributed by atoms with E-state index in [-0.39, 0.29) is 5.91 Å². The molecule has 1 aliphatic heterocycles. The first kappa shape index (κ1) is 14.3. The monoisotopic (exact) mass is 351 g/mol. The van der Waals surface area contributed by atoms with Crippen LogP contribution < -0.4 is 5.73 Å². The molecule has 112 valence electrons. The van der Waals surface area contributed by atoms with Crippen molar-refractivity contribution in [3.05, 3.63) is 16.7 Å². The van der Waals surface area contributed by atoms with Gasteiger partial charge in [-0.1, -0.05) is 0 Å². The number of anilines is 1. The number of carbonyl (C=O) groups is 1. The van der Waals surface area contributed by atoms with Crippen LogP contribution in [0.3, 0.4) is 0 Å². The molecule has 3 rings (SSSR count). The first-order valence-corrected chi connectivity index (χ1v) is 7.99. The molecule has 0 bridgehead atoms. The van der Waals surface area contributed by atoms with E-state index < -0.39 is 0 Å². The predicted molar refractivity (Wildman–Crippen MR) is 84.7 cm³/mol. The number of amides is 1. The first-order valence-electron chi connectivity index (χ1n) is 7.20. The van der Waals surface area contributed by atoms with Crippen LogP contribution in [-0.2, 0) is 11.3 Å². The van der Waals surface area contributed by atoms with Crippen LogP contribution in [0.5, 0.6) is 0 Å². The maximum Gasteiger partial charge on any atom is 0.224 e. The average molecular weight is 352 g/mol. The lowest BCUT2D eigenvalue weighted by Crippen LogP contribution is -2.36. The first-order chi connectivity index (χ1) is 10.1. The summed E-state index contributed by atoms with van der Waals surface area (Å²) >= 11 is 3.37. The number of nitrogen functional groups attached to an aromatic ring is 1. The summed E-state index contributed by atoms with van der Waals surface area (Å²) in [6, 6.07) is 1.88. The number of hydrogen-bond donors (Lipinski definition) is 1. The molecule has 0 spiro atoms. The maximum absolute atomic E-state index is 12.2. The molecular formula is C14H18BrN5O. The Labute approximate surface area is 131 Å². The van der Waals surface area contributed by atoms with Gasteiger partial charge < -0.3 is 10.6 Å². The van der Waals surface area contributed by atoms with E-state index in [0.717, 1.165) is 41.6 Å². The quantitative estimate of drug-likeness (QED) is 0.919. The summed E-state index contributed by atoms with van der Waals surface area (Å²) in [5.74, 6) is 0.593. The number of aryl methyl sites for hydroxylation is 1. The third kappa shape index (κ3) is 3.02. The fraction of sp³-hybridized carbons (Fsp3) is 0.500. The van der Waals surface area contributed by atoms with Crippen LogP contribution in [0, 0.1) is 0 Å². The fourth-order valence-electron chi connectivity index (χ4n) is 2.73. The topological polar surface area (TPSA) is 77.0 Å². The Bertz CT molecular complexity index is 663.